The summed E-state index contributed by atoms with van der Waals surface area (Å²) in [6.07, 6.45) is -2.98. The first kappa shape index (κ1) is 47.2. The molecular formula is C56H60O10. The van der Waals surface area contributed by atoms with Crippen molar-refractivity contribution in [1.29, 1.82) is 0 Å². The van der Waals surface area contributed by atoms with Crippen molar-refractivity contribution in [3.05, 3.63) is 228 Å². The van der Waals surface area contributed by atoms with Crippen molar-refractivity contribution in [1.82, 2.24) is 0 Å². The minimum Gasteiger partial charge on any atom is -0.368 e. The highest BCUT2D eigenvalue weighted by molar-refractivity contribution is 5.19. The van der Waals surface area contributed by atoms with Gasteiger partial charge in [-0.3, -0.25) is 0 Å². The lowest BCUT2D eigenvalue weighted by Crippen LogP contribution is -2.61. The predicted molar refractivity (Wildman–Crippen MR) is 251 cm³/mol. The summed E-state index contributed by atoms with van der Waals surface area (Å²) < 4.78 is 66.8. The fourth-order valence-corrected chi connectivity index (χ4v) is 8.29. The zero-order valence-corrected chi connectivity index (χ0v) is 37.6. The molecule has 6 aromatic carbocycles. The van der Waals surface area contributed by atoms with Crippen LogP contribution in [0, 0.1) is 0 Å². The van der Waals surface area contributed by atoms with E-state index >= 15 is 0 Å². The van der Waals surface area contributed by atoms with Crippen molar-refractivity contribution in [2.24, 2.45) is 0 Å². The lowest BCUT2D eigenvalue weighted by molar-refractivity contribution is -0.312. The molecule has 0 spiro atoms. The standard InChI is InChI=1S/C56H60O10/c1-57-55-53(63-39-45-29-17-7-18-30-45)51(61-37-43-25-13-5-14-26-43)49(59-35-41-21-9-3-10-22-41)47(65-55)33-34-48-50(60-36-42-23-11-4-12-24-42)52(62-38-44-27-15-6-16-28-44)54(56(58-2)66-48)64-40-46-31-19-8-20-32-46/h3-34,47-56H,35-40H2,1-2H3/t47-,48-,49-,50-,51+,52+,53-,54-,55+,56+/m1/s1. The molecule has 66 heavy (non-hydrogen) atoms. The van der Waals surface area contributed by atoms with Crippen LogP contribution in [0.5, 0.6) is 0 Å². The van der Waals surface area contributed by atoms with Gasteiger partial charge in [0.15, 0.2) is 12.6 Å². The summed E-state index contributed by atoms with van der Waals surface area (Å²) in [5.74, 6) is 0. The maximum absolute atomic E-state index is 6.89. The summed E-state index contributed by atoms with van der Waals surface area (Å²) in [5.41, 5.74) is 6.06. The number of ether oxygens (including phenoxy) is 10. The van der Waals surface area contributed by atoms with Crippen molar-refractivity contribution >= 4 is 0 Å². The van der Waals surface area contributed by atoms with Crippen LogP contribution >= 0.6 is 0 Å². The molecule has 2 aliphatic heterocycles. The molecule has 8 rings (SSSR count). The molecule has 0 radical (unpaired) electrons. The molecule has 2 aliphatic rings. The van der Waals surface area contributed by atoms with Crippen LogP contribution in [-0.4, -0.2) is 75.6 Å². The second kappa shape index (κ2) is 25.0. The van der Waals surface area contributed by atoms with Gasteiger partial charge in [0.25, 0.3) is 0 Å². The van der Waals surface area contributed by atoms with Gasteiger partial charge in [-0.15, -0.1) is 0 Å². The number of hydrogen-bond donors (Lipinski definition) is 0. The number of methoxy groups -OCH3 is 2. The van der Waals surface area contributed by atoms with E-state index in [9.17, 15) is 0 Å². The van der Waals surface area contributed by atoms with Crippen LogP contribution in [0.1, 0.15) is 33.4 Å². The molecule has 2 fully saturated rings. The fraction of sp³-hybridized carbons (Fsp3) is 0.321. The van der Waals surface area contributed by atoms with Crippen LogP contribution in [0.25, 0.3) is 0 Å². The third kappa shape index (κ3) is 13.2. The van der Waals surface area contributed by atoms with E-state index in [4.69, 9.17) is 47.4 Å². The maximum atomic E-state index is 6.89. The van der Waals surface area contributed by atoms with Gasteiger partial charge < -0.3 is 47.4 Å². The van der Waals surface area contributed by atoms with Crippen molar-refractivity contribution in [3.63, 3.8) is 0 Å². The normalized spacial score (nSPS) is 25.5. The zero-order chi connectivity index (χ0) is 45.2. The second-order valence-corrected chi connectivity index (χ2v) is 16.4. The molecule has 0 unspecified atom stereocenters. The molecule has 0 aliphatic carbocycles. The van der Waals surface area contributed by atoms with Gasteiger partial charge in [0.2, 0.25) is 0 Å². The Kier molecular flexibility index (Phi) is 17.8. The molecule has 10 nitrogen and oxygen atoms in total. The fourth-order valence-electron chi connectivity index (χ4n) is 8.29. The van der Waals surface area contributed by atoms with Gasteiger partial charge in [0.05, 0.1) is 39.6 Å². The molecule has 0 saturated carbocycles. The summed E-state index contributed by atoms with van der Waals surface area (Å²) in [5, 5.41) is 0. The predicted octanol–water partition coefficient (Wildman–Crippen LogP) is 9.80. The molecule has 10 heteroatoms. The van der Waals surface area contributed by atoms with Crippen LogP contribution in [-0.2, 0) is 87.0 Å². The summed E-state index contributed by atoms with van der Waals surface area (Å²) in [7, 11) is 3.24. The van der Waals surface area contributed by atoms with Crippen LogP contribution < -0.4 is 0 Å². The van der Waals surface area contributed by atoms with Crippen molar-refractivity contribution < 1.29 is 47.4 Å². The minimum atomic E-state index is -0.817. The molecule has 0 aromatic heterocycles. The molecule has 0 amide bonds. The SMILES string of the molecule is CO[C@H]1O[C@H](C=C[C@H]2O[C@H](OC)[C@H](OCc3ccccc3)[C@@H](OCc3ccccc3)[C@@H]2OCc2ccccc2)[C@@H](OCc2ccccc2)[C@H](OCc2ccccc2)[C@H]1OCc1ccccc1. The Morgan fingerprint density at radius 2 is 0.515 bits per heavy atom. The van der Waals surface area contributed by atoms with E-state index in [-0.39, 0.29) is 0 Å². The van der Waals surface area contributed by atoms with Crippen LogP contribution in [0.3, 0.4) is 0 Å². The third-order valence-electron chi connectivity index (χ3n) is 11.7. The van der Waals surface area contributed by atoms with E-state index in [0.29, 0.717) is 39.6 Å². The average molecular weight is 893 g/mol. The Morgan fingerprint density at radius 3 is 0.742 bits per heavy atom. The van der Waals surface area contributed by atoms with Gasteiger partial charge in [-0.2, -0.15) is 0 Å². The average Bonchev–Trinajstić information content (AvgIpc) is 3.38. The Morgan fingerprint density at radius 1 is 0.303 bits per heavy atom. The largest absolute Gasteiger partial charge is 0.368 e. The van der Waals surface area contributed by atoms with Gasteiger partial charge in [0.1, 0.15) is 48.8 Å². The third-order valence-corrected chi connectivity index (χ3v) is 11.7. The summed E-state index contributed by atoms with van der Waals surface area (Å²) in [6, 6.07) is 60.3. The lowest BCUT2D eigenvalue weighted by atomic mass is 9.94. The van der Waals surface area contributed by atoms with Crippen LogP contribution in [0.15, 0.2) is 194 Å². The highest BCUT2D eigenvalue weighted by atomic mass is 16.7. The lowest BCUT2D eigenvalue weighted by Gasteiger charge is -2.46. The van der Waals surface area contributed by atoms with E-state index < -0.39 is 61.4 Å². The van der Waals surface area contributed by atoms with Crippen molar-refractivity contribution in [2.45, 2.75) is 101 Å². The quantitative estimate of drug-likeness (QED) is 0.0614. The first-order chi connectivity index (χ1) is 32.6. The summed E-state index contributed by atoms with van der Waals surface area (Å²) in [6.45, 7) is 1.87. The van der Waals surface area contributed by atoms with Gasteiger partial charge in [-0.05, 0) is 33.4 Å². The zero-order valence-electron chi connectivity index (χ0n) is 37.6. The minimum absolute atomic E-state index is 0.303. The molecule has 2 heterocycles. The molecule has 0 N–H and O–H groups in total. The molecule has 0 bridgehead atoms. The maximum Gasteiger partial charge on any atom is 0.186 e. The Hall–Kier alpha value is -5.34. The van der Waals surface area contributed by atoms with Gasteiger partial charge in [-0.25, -0.2) is 0 Å². The molecule has 344 valence electrons. The van der Waals surface area contributed by atoms with Gasteiger partial charge >= 0.3 is 0 Å². The van der Waals surface area contributed by atoms with Gasteiger partial charge in [-0.1, -0.05) is 194 Å². The topological polar surface area (TPSA) is 92.3 Å². The molecule has 2 saturated heterocycles. The van der Waals surface area contributed by atoms with E-state index in [1.807, 2.05) is 194 Å². The monoisotopic (exact) mass is 892 g/mol. The van der Waals surface area contributed by atoms with E-state index in [1.165, 1.54) is 0 Å². The first-order valence-corrected chi connectivity index (χ1v) is 22.6. The number of benzene rings is 6. The Bertz CT molecular complexity index is 2110. The highest BCUT2D eigenvalue weighted by Gasteiger charge is 2.50. The second-order valence-electron chi connectivity index (χ2n) is 16.4. The van der Waals surface area contributed by atoms with E-state index in [0.717, 1.165) is 33.4 Å². The summed E-state index contributed by atoms with van der Waals surface area (Å²) in [4.78, 5) is 0. The number of hydrogen-bond acceptors (Lipinski definition) is 10. The Labute approximate surface area is 388 Å². The van der Waals surface area contributed by atoms with Crippen molar-refractivity contribution in [2.75, 3.05) is 14.2 Å². The molecular weight excluding hydrogens is 833 g/mol. The molecule has 10 atom stereocenters. The smallest absolute Gasteiger partial charge is 0.186 e. The summed E-state index contributed by atoms with van der Waals surface area (Å²) >= 11 is 0. The van der Waals surface area contributed by atoms with Crippen molar-refractivity contribution in [3.8, 4) is 0 Å². The first-order valence-electron chi connectivity index (χ1n) is 22.6. The van der Waals surface area contributed by atoms with E-state index in [1.54, 1.807) is 14.2 Å². The van der Waals surface area contributed by atoms with Crippen LogP contribution in [0.4, 0.5) is 0 Å². The van der Waals surface area contributed by atoms with E-state index in [2.05, 4.69) is 0 Å². The van der Waals surface area contributed by atoms with Crippen LogP contribution in [0.2, 0.25) is 0 Å². The Balaban J connectivity index is 1.14. The molecule has 6 aromatic rings. The highest BCUT2D eigenvalue weighted by Crippen LogP contribution is 2.35. The van der Waals surface area contributed by atoms with Gasteiger partial charge in [0, 0.05) is 14.2 Å². The number of rotatable bonds is 22.